The number of aryl methyl sites for hydroxylation is 1. The summed E-state index contributed by atoms with van der Waals surface area (Å²) in [6.07, 6.45) is 3.41. The van der Waals surface area contributed by atoms with E-state index in [1.165, 1.54) is 11.6 Å². The van der Waals surface area contributed by atoms with Crippen LogP contribution in [0.5, 0.6) is 0 Å². The number of rotatable bonds is 4. The minimum absolute atomic E-state index is 0.310. The van der Waals surface area contributed by atoms with Gasteiger partial charge < -0.3 is 15.6 Å². The number of nitrogens with zero attached hydrogens (tertiary/aromatic N) is 2. The first-order valence-electron chi connectivity index (χ1n) is 6.78. The fraction of sp³-hybridized carbons (Fsp3) is 0.125. The first-order valence-corrected chi connectivity index (χ1v) is 7.16. The van der Waals surface area contributed by atoms with Crippen molar-refractivity contribution in [1.29, 1.82) is 0 Å². The molecule has 6 heteroatoms. The summed E-state index contributed by atoms with van der Waals surface area (Å²) in [7, 11) is 2.00. The minimum Gasteiger partial charge on any atom is -0.380 e. The van der Waals surface area contributed by atoms with Crippen LogP contribution in [0.1, 0.15) is 15.9 Å². The molecule has 0 saturated carbocycles. The predicted molar refractivity (Wildman–Crippen MR) is 88.0 cm³/mol. The standard InChI is InChI=1S/C16H15ClN4O/c1-21-6-5-10-3-2-4-11(15(10)21)8-19-13-7-14(17)20-9-12(13)16(18)22/h2-7,9H,8H2,1H3,(H2,18,22)(H,19,20). The van der Waals surface area contributed by atoms with Crippen LogP contribution >= 0.6 is 11.6 Å². The molecule has 0 saturated heterocycles. The summed E-state index contributed by atoms with van der Waals surface area (Å²) in [6.45, 7) is 0.551. The van der Waals surface area contributed by atoms with Crippen molar-refractivity contribution in [3.05, 3.63) is 59.0 Å². The molecular formula is C16H15ClN4O. The maximum Gasteiger partial charge on any atom is 0.252 e. The highest BCUT2D eigenvalue weighted by Gasteiger charge is 2.11. The Balaban J connectivity index is 1.93. The number of nitrogens with two attached hydrogens (primary N) is 1. The van der Waals surface area contributed by atoms with Gasteiger partial charge in [0.05, 0.1) is 16.8 Å². The van der Waals surface area contributed by atoms with Gasteiger partial charge in [0.15, 0.2) is 0 Å². The van der Waals surface area contributed by atoms with Gasteiger partial charge in [-0.3, -0.25) is 4.79 Å². The lowest BCUT2D eigenvalue weighted by atomic mass is 10.1. The van der Waals surface area contributed by atoms with E-state index in [1.807, 2.05) is 25.4 Å². The van der Waals surface area contributed by atoms with Crippen LogP contribution in [0.4, 0.5) is 5.69 Å². The Bertz CT molecular complexity index is 856. The molecule has 0 aliphatic carbocycles. The molecule has 5 nitrogen and oxygen atoms in total. The van der Waals surface area contributed by atoms with Crippen molar-refractivity contribution in [2.45, 2.75) is 6.54 Å². The number of carbonyl (C=O) groups excluding carboxylic acids is 1. The second kappa shape index (κ2) is 5.69. The molecule has 0 atom stereocenters. The highest BCUT2D eigenvalue weighted by molar-refractivity contribution is 6.29. The Kier molecular flexibility index (Phi) is 3.73. The summed E-state index contributed by atoms with van der Waals surface area (Å²) >= 11 is 5.90. The zero-order valence-corrected chi connectivity index (χ0v) is 12.8. The van der Waals surface area contributed by atoms with E-state index in [4.69, 9.17) is 17.3 Å². The second-order valence-electron chi connectivity index (χ2n) is 5.05. The van der Waals surface area contributed by atoms with E-state index in [9.17, 15) is 4.79 Å². The molecule has 2 aromatic heterocycles. The lowest BCUT2D eigenvalue weighted by Gasteiger charge is -2.12. The number of anilines is 1. The Morgan fingerprint density at radius 1 is 1.41 bits per heavy atom. The third-order valence-corrected chi connectivity index (χ3v) is 3.79. The fourth-order valence-corrected chi connectivity index (χ4v) is 2.71. The molecule has 0 spiro atoms. The van der Waals surface area contributed by atoms with E-state index in [2.05, 4.69) is 27.0 Å². The SMILES string of the molecule is Cn1ccc2cccc(CNc3cc(Cl)ncc3C(N)=O)c21. The molecule has 3 rings (SSSR count). The molecule has 0 aliphatic rings. The molecule has 0 unspecified atom stereocenters. The number of amides is 1. The number of nitrogens with one attached hydrogen (secondary N) is 1. The molecule has 2 heterocycles. The van der Waals surface area contributed by atoms with Crippen LogP contribution in [0.3, 0.4) is 0 Å². The Morgan fingerprint density at radius 3 is 3.00 bits per heavy atom. The number of halogens is 1. The van der Waals surface area contributed by atoms with Gasteiger partial charge in [0.1, 0.15) is 5.15 Å². The highest BCUT2D eigenvalue weighted by atomic mass is 35.5. The molecule has 0 bridgehead atoms. The maximum atomic E-state index is 11.5. The van der Waals surface area contributed by atoms with Gasteiger partial charge in [-0.2, -0.15) is 0 Å². The molecule has 22 heavy (non-hydrogen) atoms. The van der Waals surface area contributed by atoms with E-state index in [-0.39, 0.29) is 0 Å². The predicted octanol–water partition coefficient (Wildman–Crippen LogP) is 2.94. The number of hydrogen-bond acceptors (Lipinski definition) is 3. The van der Waals surface area contributed by atoms with Gasteiger partial charge in [0, 0.05) is 26.0 Å². The van der Waals surface area contributed by atoms with Crippen molar-refractivity contribution in [3.63, 3.8) is 0 Å². The monoisotopic (exact) mass is 314 g/mol. The van der Waals surface area contributed by atoms with E-state index >= 15 is 0 Å². The molecule has 0 fully saturated rings. The van der Waals surface area contributed by atoms with Gasteiger partial charge in [-0.15, -0.1) is 0 Å². The van der Waals surface area contributed by atoms with Crippen molar-refractivity contribution >= 4 is 34.1 Å². The van der Waals surface area contributed by atoms with E-state index in [0.29, 0.717) is 22.9 Å². The van der Waals surface area contributed by atoms with Crippen molar-refractivity contribution in [1.82, 2.24) is 9.55 Å². The number of benzene rings is 1. The summed E-state index contributed by atoms with van der Waals surface area (Å²) in [5.41, 5.74) is 8.54. The molecular weight excluding hydrogens is 300 g/mol. The number of fused-ring (bicyclic) bond motifs is 1. The van der Waals surface area contributed by atoms with Crippen LogP contribution in [-0.4, -0.2) is 15.5 Å². The third-order valence-electron chi connectivity index (χ3n) is 3.59. The zero-order chi connectivity index (χ0) is 15.7. The number of pyridine rings is 1. The van der Waals surface area contributed by atoms with Gasteiger partial charge >= 0.3 is 0 Å². The lowest BCUT2D eigenvalue weighted by molar-refractivity contribution is 0.100. The first kappa shape index (κ1) is 14.4. The summed E-state index contributed by atoms with van der Waals surface area (Å²) in [5, 5.41) is 4.70. The summed E-state index contributed by atoms with van der Waals surface area (Å²) in [6, 6.07) is 9.79. The van der Waals surface area contributed by atoms with E-state index < -0.39 is 5.91 Å². The molecule has 3 N–H and O–H groups in total. The van der Waals surface area contributed by atoms with Crippen LogP contribution in [-0.2, 0) is 13.6 Å². The van der Waals surface area contributed by atoms with Crippen molar-refractivity contribution in [2.24, 2.45) is 12.8 Å². The Hall–Kier alpha value is -2.53. The first-order chi connectivity index (χ1) is 10.6. The topological polar surface area (TPSA) is 72.9 Å². The summed E-state index contributed by atoms with van der Waals surface area (Å²) in [4.78, 5) is 15.4. The van der Waals surface area contributed by atoms with Gasteiger partial charge in [-0.05, 0) is 23.1 Å². The van der Waals surface area contributed by atoms with Crippen molar-refractivity contribution in [3.8, 4) is 0 Å². The molecule has 3 aromatic rings. The van der Waals surface area contributed by atoms with Crippen LogP contribution < -0.4 is 11.1 Å². The molecule has 0 radical (unpaired) electrons. The molecule has 0 aliphatic heterocycles. The average molecular weight is 315 g/mol. The average Bonchev–Trinajstić information content (AvgIpc) is 2.87. The van der Waals surface area contributed by atoms with Crippen LogP contribution in [0.25, 0.3) is 10.9 Å². The smallest absolute Gasteiger partial charge is 0.252 e. The Morgan fingerprint density at radius 2 is 2.23 bits per heavy atom. The minimum atomic E-state index is -0.538. The van der Waals surface area contributed by atoms with Crippen molar-refractivity contribution < 1.29 is 4.79 Å². The van der Waals surface area contributed by atoms with Gasteiger partial charge in [-0.1, -0.05) is 29.8 Å². The number of aromatic nitrogens is 2. The highest BCUT2D eigenvalue weighted by Crippen LogP contribution is 2.23. The molecule has 112 valence electrons. The van der Waals surface area contributed by atoms with Crippen LogP contribution in [0.15, 0.2) is 42.7 Å². The Labute approximate surface area is 132 Å². The third kappa shape index (κ3) is 2.63. The van der Waals surface area contributed by atoms with Gasteiger partial charge in [-0.25, -0.2) is 4.98 Å². The van der Waals surface area contributed by atoms with Crippen LogP contribution in [0, 0.1) is 0 Å². The van der Waals surface area contributed by atoms with Gasteiger partial charge in [0.2, 0.25) is 0 Å². The largest absolute Gasteiger partial charge is 0.380 e. The fourth-order valence-electron chi connectivity index (χ4n) is 2.55. The van der Waals surface area contributed by atoms with E-state index in [0.717, 1.165) is 11.1 Å². The summed E-state index contributed by atoms with van der Waals surface area (Å²) < 4.78 is 2.07. The zero-order valence-electron chi connectivity index (χ0n) is 12.0. The molecule has 1 amide bonds. The second-order valence-corrected chi connectivity index (χ2v) is 5.44. The number of para-hydroxylation sites is 1. The maximum absolute atomic E-state index is 11.5. The quantitative estimate of drug-likeness (QED) is 0.727. The number of hydrogen-bond donors (Lipinski definition) is 2. The van der Waals surface area contributed by atoms with Crippen molar-refractivity contribution in [2.75, 3.05) is 5.32 Å². The summed E-state index contributed by atoms with van der Waals surface area (Å²) in [5.74, 6) is -0.538. The van der Waals surface area contributed by atoms with Gasteiger partial charge in [0.25, 0.3) is 5.91 Å². The lowest BCUT2D eigenvalue weighted by Crippen LogP contribution is -2.15. The van der Waals surface area contributed by atoms with Crippen LogP contribution in [0.2, 0.25) is 5.15 Å². The van der Waals surface area contributed by atoms with E-state index in [1.54, 1.807) is 6.07 Å². The normalized spacial score (nSPS) is 10.8. The molecule has 1 aromatic carbocycles. The number of primary amides is 1. The number of carbonyl (C=O) groups is 1.